The molecule has 1 heterocycles. The van der Waals surface area contributed by atoms with E-state index in [2.05, 4.69) is 16.3 Å². The van der Waals surface area contributed by atoms with E-state index in [4.69, 9.17) is 32.7 Å². The van der Waals surface area contributed by atoms with Crippen molar-refractivity contribution in [1.82, 2.24) is 10.2 Å². The van der Waals surface area contributed by atoms with Crippen molar-refractivity contribution < 1.29 is 24.2 Å². The van der Waals surface area contributed by atoms with Crippen LogP contribution < -0.4 is 14.8 Å². The lowest BCUT2D eigenvalue weighted by Gasteiger charge is -2.27. The fraction of sp³-hybridized carbons (Fsp3) is 0.267. The van der Waals surface area contributed by atoms with E-state index >= 15 is 0 Å². The quantitative estimate of drug-likeness (QED) is 0.325. The number of benzene rings is 3. The van der Waals surface area contributed by atoms with Crippen molar-refractivity contribution in [1.29, 1.82) is 0 Å². The van der Waals surface area contributed by atoms with Crippen molar-refractivity contribution in [3.05, 3.63) is 99.0 Å². The summed E-state index contributed by atoms with van der Waals surface area (Å²) in [6, 6.07) is 17.2. The molecule has 7 nitrogen and oxygen atoms in total. The van der Waals surface area contributed by atoms with E-state index in [9.17, 15) is 14.7 Å². The zero-order valence-corrected chi connectivity index (χ0v) is 23.3. The van der Waals surface area contributed by atoms with Gasteiger partial charge < -0.3 is 19.9 Å². The Labute approximate surface area is 237 Å². The highest BCUT2D eigenvalue weighted by Gasteiger charge is 2.24. The molecule has 1 aliphatic rings. The number of amides is 1. The Balaban J connectivity index is 1.38. The van der Waals surface area contributed by atoms with Crippen molar-refractivity contribution in [2.45, 2.75) is 25.4 Å². The van der Waals surface area contributed by atoms with Crippen molar-refractivity contribution in [3.63, 3.8) is 0 Å². The summed E-state index contributed by atoms with van der Waals surface area (Å²) in [6.45, 7) is 2.45. The van der Waals surface area contributed by atoms with Gasteiger partial charge in [0.1, 0.15) is 17.5 Å². The van der Waals surface area contributed by atoms with Crippen LogP contribution in [0.3, 0.4) is 0 Å². The average molecular weight is 569 g/mol. The van der Waals surface area contributed by atoms with E-state index in [1.165, 1.54) is 17.7 Å². The minimum Gasteiger partial charge on any atom is -0.497 e. The Kier molecular flexibility index (Phi) is 9.51. The van der Waals surface area contributed by atoms with E-state index in [1.54, 1.807) is 20.3 Å². The third-order valence-corrected chi connectivity index (χ3v) is 7.36. The highest BCUT2D eigenvalue weighted by atomic mass is 35.5. The first-order valence-corrected chi connectivity index (χ1v) is 13.2. The van der Waals surface area contributed by atoms with Gasteiger partial charge in [-0.3, -0.25) is 9.69 Å². The molecule has 204 valence electrons. The molecule has 0 fully saturated rings. The number of rotatable bonds is 10. The molecule has 1 amide bonds. The Bertz CT molecular complexity index is 1350. The molecule has 0 saturated carbocycles. The monoisotopic (exact) mass is 568 g/mol. The fourth-order valence-electron chi connectivity index (χ4n) is 4.60. The molecule has 3 aromatic rings. The first-order chi connectivity index (χ1) is 18.8. The van der Waals surface area contributed by atoms with Crippen LogP contribution in [0, 0.1) is 0 Å². The van der Waals surface area contributed by atoms with Gasteiger partial charge in [-0.25, -0.2) is 4.79 Å². The van der Waals surface area contributed by atoms with Gasteiger partial charge >= 0.3 is 5.97 Å². The molecule has 3 aromatic carbocycles. The van der Waals surface area contributed by atoms with E-state index in [-0.39, 0.29) is 22.0 Å². The standard InChI is InChI=1S/C30H30Cl2N2O5/c1-38-23-10-11-27(39-2)22(17-23)18-34-14-12-21(13-15-34)20-8-6-19(7-9-20)16-26(30(36)37)33-29(35)28-24(31)4-3-5-25(28)32/h3-12,17,26H,13-16,18H2,1-2H3,(H,33,35)(H,36,37)/t26-/m0/s1. The lowest BCUT2D eigenvalue weighted by atomic mass is 9.96. The second-order valence-electron chi connectivity index (χ2n) is 9.25. The SMILES string of the molecule is COc1ccc(OC)c(CN2CC=C(c3ccc(C[C@H](NC(=O)c4c(Cl)cccc4Cl)C(=O)O)cc3)CC2)c1. The van der Waals surface area contributed by atoms with Crippen LogP contribution in [0.5, 0.6) is 11.5 Å². The van der Waals surface area contributed by atoms with Crippen LogP contribution in [0.25, 0.3) is 5.57 Å². The molecule has 0 unspecified atom stereocenters. The molecule has 0 aromatic heterocycles. The number of carboxylic acid groups (broad SMARTS) is 1. The number of carboxylic acids is 1. The summed E-state index contributed by atoms with van der Waals surface area (Å²) in [5, 5.41) is 12.6. The highest BCUT2D eigenvalue weighted by Crippen LogP contribution is 2.29. The number of methoxy groups -OCH3 is 2. The van der Waals surface area contributed by atoms with Crippen molar-refractivity contribution in [2.24, 2.45) is 0 Å². The molecular formula is C30H30Cl2N2O5. The van der Waals surface area contributed by atoms with E-state index in [1.807, 2.05) is 42.5 Å². The van der Waals surface area contributed by atoms with Crippen LogP contribution in [0.1, 0.15) is 33.5 Å². The Hall–Kier alpha value is -3.52. The maximum atomic E-state index is 12.7. The van der Waals surface area contributed by atoms with Crippen LogP contribution in [0.15, 0.2) is 66.7 Å². The largest absolute Gasteiger partial charge is 0.497 e. The molecule has 1 aliphatic heterocycles. The summed E-state index contributed by atoms with van der Waals surface area (Å²) in [7, 11) is 3.33. The number of carbonyl (C=O) groups is 2. The number of nitrogens with zero attached hydrogens (tertiary/aromatic N) is 1. The number of nitrogens with one attached hydrogen (secondary N) is 1. The minimum atomic E-state index is -1.14. The highest BCUT2D eigenvalue weighted by molar-refractivity contribution is 6.39. The van der Waals surface area contributed by atoms with Gasteiger partial charge in [0.25, 0.3) is 5.91 Å². The maximum Gasteiger partial charge on any atom is 0.326 e. The number of halogens is 2. The third kappa shape index (κ3) is 7.12. The summed E-state index contributed by atoms with van der Waals surface area (Å²) in [5.41, 5.74) is 4.27. The Morgan fingerprint density at radius 2 is 1.74 bits per heavy atom. The van der Waals surface area contributed by atoms with Crippen molar-refractivity contribution >= 4 is 40.7 Å². The van der Waals surface area contributed by atoms with Crippen LogP contribution in [0.2, 0.25) is 10.0 Å². The molecule has 0 radical (unpaired) electrons. The normalized spacial score (nSPS) is 14.3. The predicted molar refractivity (Wildman–Crippen MR) is 153 cm³/mol. The lowest BCUT2D eigenvalue weighted by molar-refractivity contribution is -0.139. The van der Waals surface area contributed by atoms with Gasteiger partial charge in [0, 0.05) is 31.6 Å². The second kappa shape index (κ2) is 13.0. The molecule has 0 bridgehead atoms. The summed E-state index contributed by atoms with van der Waals surface area (Å²) < 4.78 is 10.9. The van der Waals surface area contributed by atoms with Gasteiger partial charge in [0.05, 0.1) is 29.8 Å². The fourth-order valence-corrected chi connectivity index (χ4v) is 5.17. The molecule has 4 rings (SSSR count). The number of aliphatic carboxylic acids is 1. The minimum absolute atomic E-state index is 0.0607. The zero-order valence-electron chi connectivity index (χ0n) is 21.7. The molecule has 0 aliphatic carbocycles. The van der Waals surface area contributed by atoms with Crippen LogP contribution in [-0.2, 0) is 17.8 Å². The second-order valence-corrected chi connectivity index (χ2v) is 10.1. The molecule has 1 atom stereocenters. The van der Waals surface area contributed by atoms with Crippen molar-refractivity contribution in [3.8, 4) is 11.5 Å². The summed E-state index contributed by atoms with van der Waals surface area (Å²) in [4.78, 5) is 26.9. The first kappa shape index (κ1) is 28.5. The summed E-state index contributed by atoms with van der Waals surface area (Å²) >= 11 is 12.2. The number of ether oxygens (including phenoxy) is 2. The average Bonchev–Trinajstić information content (AvgIpc) is 2.93. The number of hydrogen-bond donors (Lipinski definition) is 2. The van der Waals surface area contributed by atoms with E-state index < -0.39 is 17.9 Å². The van der Waals surface area contributed by atoms with Crippen molar-refractivity contribution in [2.75, 3.05) is 27.3 Å². The van der Waals surface area contributed by atoms with Gasteiger partial charge in [-0.2, -0.15) is 0 Å². The summed E-state index contributed by atoms with van der Waals surface area (Å²) in [5.74, 6) is -0.125. The number of carbonyl (C=O) groups excluding carboxylic acids is 1. The van der Waals surface area contributed by atoms with Gasteiger partial charge in [-0.05, 0) is 53.5 Å². The third-order valence-electron chi connectivity index (χ3n) is 6.73. The molecule has 0 spiro atoms. The van der Waals surface area contributed by atoms with Crippen LogP contribution in [-0.4, -0.2) is 55.2 Å². The Morgan fingerprint density at radius 3 is 2.33 bits per heavy atom. The van der Waals surface area contributed by atoms with Gasteiger partial charge in [0.15, 0.2) is 0 Å². The Morgan fingerprint density at radius 1 is 1.03 bits per heavy atom. The maximum absolute atomic E-state index is 12.7. The summed E-state index contributed by atoms with van der Waals surface area (Å²) in [6.07, 6.45) is 3.23. The number of hydrogen-bond acceptors (Lipinski definition) is 5. The van der Waals surface area contributed by atoms with Gasteiger partial charge in [-0.1, -0.05) is 59.6 Å². The molecule has 2 N–H and O–H groups in total. The topological polar surface area (TPSA) is 88.1 Å². The van der Waals surface area contributed by atoms with Gasteiger partial charge in [0.2, 0.25) is 0 Å². The molecule has 0 saturated heterocycles. The molecule has 39 heavy (non-hydrogen) atoms. The van der Waals surface area contributed by atoms with Crippen LogP contribution >= 0.6 is 23.2 Å². The first-order valence-electron chi connectivity index (χ1n) is 12.5. The molecular weight excluding hydrogens is 539 g/mol. The zero-order chi connectivity index (χ0) is 27.9. The lowest BCUT2D eigenvalue weighted by Crippen LogP contribution is -2.42. The van der Waals surface area contributed by atoms with Crippen LogP contribution in [0.4, 0.5) is 0 Å². The van der Waals surface area contributed by atoms with E-state index in [0.29, 0.717) is 0 Å². The van der Waals surface area contributed by atoms with E-state index in [0.717, 1.165) is 54.2 Å². The smallest absolute Gasteiger partial charge is 0.326 e. The predicted octanol–water partition coefficient (Wildman–Crippen LogP) is 5.73. The van der Waals surface area contributed by atoms with Gasteiger partial charge in [-0.15, -0.1) is 0 Å². The molecule has 9 heteroatoms.